The van der Waals surface area contributed by atoms with Crippen LogP contribution in [0.5, 0.6) is 0 Å². The highest BCUT2D eigenvalue weighted by Gasteiger charge is 2.47. The van der Waals surface area contributed by atoms with E-state index in [0.29, 0.717) is 5.41 Å². The third-order valence-corrected chi connectivity index (χ3v) is 3.60. The van der Waals surface area contributed by atoms with Crippen molar-refractivity contribution in [3.8, 4) is 0 Å². The summed E-state index contributed by atoms with van der Waals surface area (Å²) in [6, 6.07) is 0. The van der Waals surface area contributed by atoms with E-state index in [2.05, 4.69) is 20.8 Å². The SMILES string of the molecule is CC(C)CCCCC1(C)CC1CN. The van der Waals surface area contributed by atoms with Crippen LogP contribution >= 0.6 is 0 Å². The Kier molecular flexibility index (Phi) is 3.78. The van der Waals surface area contributed by atoms with Crippen molar-refractivity contribution in [3.63, 3.8) is 0 Å². The highest BCUT2D eigenvalue weighted by Crippen LogP contribution is 2.54. The lowest BCUT2D eigenvalue weighted by Gasteiger charge is -2.10. The quantitative estimate of drug-likeness (QED) is 0.629. The van der Waals surface area contributed by atoms with Crippen LogP contribution in [0.3, 0.4) is 0 Å². The molecule has 0 radical (unpaired) electrons. The molecule has 0 aromatic carbocycles. The normalized spacial score (nSPS) is 32.5. The Morgan fingerprint density at radius 2 is 2.08 bits per heavy atom. The summed E-state index contributed by atoms with van der Waals surface area (Å²) in [6.45, 7) is 7.92. The molecule has 0 aromatic heterocycles. The number of rotatable bonds is 6. The van der Waals surface area contributed by atoms with Gasteiger partial charge in [0.1, 0.15) is 0 Å². The summed E-state index contributed by atoms with van der Waals surface area (Å²) in [6.07, 6.45) is 6.99. The van der Waals surface area contributed by atoms with E-state index < -0.39 is 0 Å². The average molecular weight is 183 g/mol. The van der Waals surface area contributed by atoms with Gasteiger partial charge < -0.3 is 5.73 Å². The Labute approximate surface area is 83.1 Å². The minimum Gasteiger partial charge on any atom is -0.330 e. The molecule has 0 saturated heterocycles. The summed E-state index contributed by atoms with van der Waals surface area (Å²) < 4.78 is 0. The number of unbranched alkanes of at least 4 members (excludes halogenated alkanes) is 1. The Balaban J connectivity index is 2.01. The second kappa shape index (κ2) is 4.45. The van der Waals surface area contributed by atoms with Gasteiger partial charge in [0.25, 0.3) is 0 Å². The van der Waals surface area contributed by atoms with Gasteiger partial charge in [-0.25, -0.2) is 0 Å². The monoisotopic (exact) mass is 183 g/mol. The molecule has 0 spiro atoms. The number of hydrogen-bond donors (Lipinski definition) is 1. The Bertz CT molecular complexity index is 153. The van der Waals surface area contributed by atoms with Crippen molar-refractivity contribution < 1.29 is 0 Å². The fourth-order valence-electron chi connectivity index (χ4n) is 2.26. The van der Waals surface area contributed by atoms with E-state index in [4.69, 9.17) is 5.73 Å². The van der Waals surface area contributed by atoms with Crippen LogP contribution in [0.15, 0.2) is 0 Å². The van der Waals surface area contributed by atoms with Gasteiger partial charge in [-0.2, -0.15) is 0 Å². The fraction of sp³-hybridized carbons (Fsp3) is 1.00. The maximum atomic E-state index is 5.66. The van der Waals surface area contributed by atoms with Gasteiger partial charge in [0, 0.05) is 0 Å². The summed E-state index contributed by atoms with van der Waals surface area (Å²) in [4.78, 5) is 0. The molecule has 2 unspecified atom stereocenters. The zero-order valence-electron chi connectivity index (χ0n) is 9.47. The van der Waals surface area contributed by atoms with Crippen molar-refractivity contribution in [1.29, 1.82) is 0 Å². The predicted octanol–water partition coefficient (Wildman–Crippen LogP) is 3.19. The molecule has 1 rings (SSSR count). The largest absolute Gasteiger partial charge is 0.330 e. The maximum absolute atomic E-state index is 5.66. The summed E-state index contributed by atoms with van der Waals surface area (Å²) >= 11 is 0. The third-order valence-electron chi connectivity index (χ3n) is 3.60. The second-order valence-electron chi connectivity index (χ2n) is 5.43. The first kappa shape index (κ1) is 11.0. The van der Waals surface area contributed by atoms with Crippen molar-refractivity contribution >= 4 is 0 Å². The van der Waals surface area contributed by atoms with Gasteiger partial charge >= 0.3 is 0 Å². The molecule has 78 valence electrons. The molecule has 2 N–H and O–H groups in total. The van der Waals surface area contributed by atoms with Crippen LogP contribution in [0.25, 0.3) is 0 Å². The standard InChI is InChI=1S/C12H25N/c1-10(2)6-4-5-7-12(3)8-11(12)9-13/h10-11H,4-9,13H2,1-3H3. The molecule has 0 bridgehead atoms. The van der Waals surface area contributed by atoms with E-state index in [-0.39, 0.29) is 0 Å². The molecule has 0 aromatic rings. The van der Waals surface area contributed by atoms with Crippen LogP contribution in [-0.2, 0) is 0 Å². The molecule has 2 atom stereocenters. The number of hydrogen-bond acceptors (Lipinski definition) is 1. The first-order chi connectivity index (χ1) is 6.08. The summed E-state index contributed by atoms with van der Waals surface area (Å²) in [5, 5.41) is 0. The first-order valence-corrected chi connectivity index (χ1v) is 5.78. The van der Waals surface area contributed by atoms with Crippen molar-refractivity contribution in [1.82, 2.24) is 0 Å². The first-order valence-electron chi connectivity index (χ1n) is 5.78. The van der Waals surface area contributed by atoms with Gasteiger partial charge in [-0.05, 0) is 36.6 Å². The van der Waals surface area contributed by atoms with Crippen LogP contribution in [-0.4, -0.2) is 6.54 Å². The predicted molar refractivity (Wildman–Crippen MR) is 58.6 cm³/mol. The van der Waals surface area contributed by atoms with Gasteiger partial charge in [-0.3, -0.25) is 0 Å². The third kappa shape index (κ3) is 3.30. The molecule has 13 heavy (non-hydrogen) atoms. The summed E-state index contributed by atoms with van der Waals surface area (Å²) in [5.74, 6) is 1.71. The molecular formula is C12H25N. The Hall–Kier alpha value is -0.0400. The van der Waals surface area contributed by atoms with Crippen LogP contribution in [0.2, 0.25) is 0 Å². The van der Waals surface area contributed by atoms with E-state index >= 15 is 0 Å². The van der Waals surface area contributed by atoms with Crippen LogP contribution < -0.4 is 5.73 Å². The Morgan fingerprint density at radius 3 is 2.54 bits per heavy atom. The lowest BCUT2D eigenvalue weighted by molar-refractivity contribution is 0.420. The number of nitrogens with two attached hydrogens (primary N) is 1. The molecule has 0 heterocycles. The molecule has 1 heteroatoms. The zero-order valence-corrected chi connectivity index (χ0v) is 9.47. The van der Waals surface area contributed by atoms with Gasteiger partial charge in [0.2, 0.25) is 0 Å². The molecule has 1 aliphatic rings. The van der Waals surface area contributed by atoms with E-state index in [1.807, 2.05) is 0 Å². The van der Waals surface area contributed by atoms with Crippen LogP contribution in [0.1, 0.15) is 52.9 Å². The molecular weight excluding hydrogens is 158 g/mol. The van der Waals surface area contributed by atoms with Gasteiger partial charge in [0.05, 0.1) is 0 Å². The van der Waals surface area contributed by atoms with E-state index in [9.17, 15) is 0 Å². The van der Waals surface area contributed by atoms with Crippen LogP contribution in [0, 0.1) is 17.3 Å². The molecule has 1 aliphatic carbocycles. The van der Waals surface area contributed by atoms with Crippen molar-refractivity contribution in [2.45, 2.75) is 52.9 Å². The van der Waals surface area contributed by atoms with Crippen molar-refractivity contribution in [2.24, 2.45) is 23.0 Å². The minimum atomic E-state index is 0.631. The lowest BCUT2D eigenvalue weighted by atomic mass is 9.96. The molecule has 1 nitrogen and oxygen atoms in total. The topological polar surface area (TPSA) is 26.0 Å². The molecule has 0 amide bonds. The van der Waals surface area contributed by atoms with Crippen LogP contribution in [0.4, 0.5) is 0 Å². The zero-order chi connectivity index (χ0) is 9.90. The van der Waals surface area contributed by atoms with Gasteiger partial charge in [-0.15, -0.1) is 0 Å². The Morgan fingerprint density at radius 1 is 1.38 bits per heavy atom. The van der Waals surface area contributed by atoms with E-state index in [1.54, 1.807) is 0 Å². The van der Waals surface area contributed by atoms with E-state index in [0.717, 1.165) is 18.4 Å². The maximum Gasteiger partial charge on any atom is -0.00434 e. The lowest BCUT2D eigenvalue weighted by Crippen LogP contribution is -2.08. The minimum absolute atomic E-state index is 0.631. The van der Waals surface area contributed by atoms with Gasteiger partial charge in [-0.1, -0.05) is 40.0 Å². The smallest absolute Gasteiger partial charge is 0.00434 e. The summed E-state index contributed by atoms with van der Waals surface area (Å²) in [7, 11) is 0. The summed E-state index contributed by atoms with van der Waals surface area (Å²) in [5.41, 5.74) is 6.29. The van der Waals surface area contributed by atoms with Gasteiger partial charge in [0.15, 0.2) is 0 Å². The highest BCUT2D eigenvalue weighted by atomic mass is 14.7. The highest BCUT2D eigenvalue weighted by molar-refractivity contribution is 4.98. The average Bonchev–Trinajstić information content (AvgIpc) is 2.72. The second-order valence-corrected chi connectivity index (χ2v) is 5.43. The van der Waals surface area contributed by atoms with Crippen molar-refractivity contribution in [2.75, 3.05) is 6.54 Å². The molecule has 0 aliphatic heterocycles. The van der Waals surface area contributed by atoms with Crippen molar-refractivity contribution in [3.05, 3.63) is 0 Å². The molecule has 1 fully saturated rings. The van der Waals surface area contributed by atoms with E-state index in [1.165, 1.54) is 32.1 Å². The molecule has 1 saturated carbocycles. The fourth-order valence-corrected chi connectivity index (χ4v) is 2.26.